The molecule has 0 aliphatic carbocycles. The van der Waals surface area contributed by atoms with Gasteiger partial charge in [-0.25, -0.2) is 0 Å². The van der Waals surface area contributed by atoms with E-state index >= 15 is 0 Å². The van der Waals surface area contributed by atoms with Crippen LogP contribution in [0.2, 0.25) is 0 Å². The van der Waals surface area contributed by atoms with Gasteiger partial charge in [-0.1, -0.05) is 171 Å². The highest BCUT2D eigenvalue weighted by Gasteiger charge is 2.27. The van der Waals surface area contributed by atoms with E-state index in [9.17, 15) is 0 Å². The van der Waals surface area contributed by atoms with Crippen molar-refractivity contribution in [2.75, 3.05) is 6.54 Å². The fourth-order valence-electron chi connectivity index (χ4n) is 7.62. The van der Waals surface area contributed by atoms with Crippen LogP contribution >= 0.6 is 0 Å². The number of hydrogen-bond donors (Lipinski definition) is 0. The second kappa shape index (κ2) is 17.4. The predicted octanol–water partition coefficient (Wildman–Crippen LogP) is 14.3. The lowest BCUT2D eigenvalue weighted by molar-refractivity contribution is 0.148. The van der Waals surface area contributed by atoms with Crippen LogP contribution in [0.15, 0.2) is 187 Å². The summed E-state index contributed by atoms with van der Waals surface area (Å²) < 4.78 is 0. The van der Waals surface area contributed by atoms with Gasteiger partial charge in [0, 0.05) is 18.3 Å². The molecule has 0 N–H and O–H groups in total. The maximum atomic E-state index is 5.65. The topological polar surface area (TPSA) is 15.6 Å². The molecule has 55 heavy (non-hydrogen) atoms. The second-order valence-corrected chi connectivity index (χ2v) is 14.4. The number of aliphatic imine (C=N–C) groups is 1. The summed E-state index contributed by atoms with van der Waals surface area (Å²) in [6.07, 6.45) is 2.77. The molecule has 0 fully saturated rings. The molecule has 2 nitrogen and oxygen atoms in total. The van der Waals surface area contributed by atoms with Gasteiger partial charge in [0.15, 0.2) is 0 Å². The largest absolute Gasteiger partial charge is 0.271 e. The van der Waals surface area contributed by atoms with E-state index in [-0.39, 0.29) is 12.2 Å². The normalized spacial score (nSPS) is 12.7. The summed E-state index contributed by atoms with van der Waals surface area (Å²) in [6, 6.07) is 63.3. The Morgan fingerprint density at radius 3 is 1.75 bits per heavy atom. The average Bonchev–Trinajstić information content (AvgIpc) is 3.25. The van der Waals surface area contributed by atoms with Crippen LogP contribution in [-0.4, -0.2) is 17.2 Å². The maximum Gasteiger partial charge on any atom is 0.128 e. The highest BCUT2D eigenvalue weighted by atomic mass is 15.3. The fourth-order valence-corrected chi connectivity index (χ4v) is 7.62. The second-order valence-electron chi connectivity index (χ2n) is 14.4. The molecule has 0 saturated heterocycles. The quantitative estimate of drug-likeness (QED) is 0.109. The van der Waals surface area contributed by atoms with Gasteiger partial charge in [0.05, 0.1) is 0 Å². The van der Waals surface area contributed by atoms with Gasteiger partial charge < -0.3 is 0 Å². The first-order valence-electron chi connectivity index (χ1n) is 19.5. The molecule has 7 aromatic carbocycles. The third-order valence-electron chi connectivity index (χ3n) is 10.7. The van der Waals surface area contributed by atoms with E-state index in [1.54, 1.807) is 0 Å². The molecule has 0 heterocycles. The monoisotopic (exact) mass is 714 g/mol. The lowest BCUT2D eigenvalue weighted by Crippen LogP contribution is -2.32. The zero-order chi connectivity index (χ0) is 38.1. The highest BCUT2D eigenvalue weighted by Crippen LogP contribution is 2.38. The minimum Gasteiger partial charge on any atom is -0.271 e. The van der Waals surface area contributed by atoms with Crippen molar-refractivity contribution in [3.63, 3.8) is 0 Å². The van der Waals surface area contributed by atoms with Crippen molar-refractivity contribution in [2.24, 2.45) is 4.99 Å². The Bertz CT molecular complexity index is 2390. The molecule has 0 radical (unpaired) electrons. The van der Waals surface area contributed by atoms with Crippen molar-refractivity contribution in [3.8, 4) is 44.5 Å². The van der Waals surface area contributed by atoms with Crippen LogP contribution in [-0.2, 0) is 0 Å². The maximum absolute atomic E-state index is 5.65. The molecular formula is C53H50N2. The van der Waals surface area contributed by atoms with Gasteiger partial charge in [-0.15, -0.1) is 0 Å². The molecule has 0 amide bonds. The lowest BCUT2D eigenvalue weighted by Gasteiger charge is -2.35. The van der Waals surface area contributed by atoms with Gasteiger partial charge in [0.25, 0.3) is 0 Å². The Morgan fingerprint density at radius 1 is 0.582 bits per heavy atom. The molecule has 0 saturated carbocycles. The zero-order valence-corrected chi connectivity index (χ0v) is 32.5. The SMILES string of the molecule is C=Cc1cc(-c2ccccc2)ccc1-c1cc(C(C)N(CCC)C(/N=C(\C)c2cccc(-c3ccccc3)c2)c2cccc(-c3ccccc3)c2)ccc1C. The van der Waals surface area contributed by atoms with Crippen molar-refractivity contribution >= 4 is 11.8 Å². The molecule has 0 spiro atoms. The lowest BCUT2D eigenvalue weighted by atomic mass is 9.90. The molecule has 7 aromatic rings. The summed E-state index contributed by atoms with van der Waals surface area (Å²) in [4.78, 5) is 8.22. The van der Waals surface area contributed by atoms with Crippen LogP contribution in [0.4, 0.5) is 0 Å². The number of hydrogen-bond acceptors (Lipinski definition) is 2. The van der Waals surface area contributed by atoms with Crippen molar-refractivity contribution in [1.29, 1.82) is 0 Å². The first-order valence-corrected chi connectivity index (χ1v) is 19.5. The van der Waals surface area contributed by atoms with Crippen LogP contribution in [0, 0.1) is 6.92 Å². The number of benzene rings is 7. The Labute approximate surface area is 328 Å². The van der Waals surface area contributed by atoms with Crippen LogP contribution < -0.4 is 0 Å². The number of aryl methyl sites for hydroxylation is 1. The molecule has 0 aliphatic rings. The summed E-state index contributed by atoms with van der Waals surface area (Å²) in [5.41, 5.74) is 16.6. The van der Waals surface area contributed by atoms with E-state index in [0.29, 0.717) is 0 Å². The molecule has 2 heteroatoms. The van der Waals surface area contributed by atoms with Crippen molar-refractivity contribution in [1.82, 2.24) is 4.90 Å². The van der Waals surface area contributed by atoms with Crippen LogP contribution in [0.25, 0.3) is 50.6 Å². The van der Waals surface area contributed by atoms with Gasteiger partial charge in [-0.3, -0.25) is 9.89 Å². The third-order valence-corrected chi connectivity index (χ3v) is 10.7. The number of rotatable bonds is 13. The van der Waals surface area contributed by atoms with Gasteiger partial charge in [0.2, 0.25) is 0 Å². The van der Waals surface area contributed by atoms with Crippen molar-refractivity contribution in [3.05, 3.63) is 210 Å². The summed E-state index contributed by atoms with van der Waals surface area (Å²) in [6.45, 7) is 14.1. The first-order chi connectivity index (χ1) is 26.9. The summed E-state index contributed by atoms with van der Waals surface area (Å²) in [5, 5.41) is 0. The van der Waals surface area contributed by atoms with Crippen LogP contribution in [0.5, 0.6) is 0 Å². The van der Waals surface area contributed by atoms with Crippen LogP contribution in [0.1, 0.15) is 67.2 Å². The van der Waals surface area contributed by atoms with E-state index in [1.807, 2.05) is 6.08 Å². The molecule has 272 valence electrons. The fraction of sp³-hybridized carbons (Fsp3) is 0.151. The Hall–Kier alpha value is -6.09. The molecule has 2 unspecified atom stereocenters. The summed E-state index contributed by atoms with van der Waals surface area (Å²) >= 11 is 0. The third kappa shape index (κ3) is 8.51. The molecule has 0 bridgehead atoms. The standard InChI is InChI=1S/C53H50N2/c1-6-33-55(40(5)46-30-29-38(3)52(37-46)51-32-31-49(34-41(51)7-2)44-23-15-10-16-24-44)53(50-28-18-27-48(36-50)43-21-13-9-14-22-43)54-39(4)45-25-17-26-47(35-45)42-19-11-8-12-20-42/h7-32,34-37,40,53H,2,6,33H2,1,3-5H3/b54-39+. The summed E-state index contributed by atoms with van der Waals surface area (Å²) in [5.74, 6) is 0. The van der Waals surface area contributed by atoms with Crippen LogP contribution in [0.3, 0.4) is 0 Å². The molecule has 2 atom stereocenters. The van der Waals surface area contributed by atoms with Crippen molar-refractivity contribution in [2.45, 2.75) is 46.3 Å². The van der Waals surface area contributed by atoms with Gasteiger partial charge in [0.1, 0.15) is 6.17 Å². The predicted molar refractivity (Wildman–Crippen MR) is 236 cm³/mol. The minimum absolute atomic E-state index is 0.0765. The smallest absolute Gasteiger partial charge is 0.128 e. The van der Waals surface area contributed by atoms with Gasteiger partial charge in [-0.2, -0.15) is 0 Å². The van der Waals surface area contributed by atoms with Gasteiger partial charge >= 0.3 is 0 Å². The van der Waals surface area contributed by atoms with E-state index in [2.05, 4.69) is 215 Å². The zero-order valence-electron chi connectivity index (χ0n) is 32.5. The first kappa shape index (κ1) is 37.2. The Balaban J connectivity index is 1.31. The number of nitrogens with zero attached hydrogens (tertiary/aromatic N) is 2. The molecule has 0 aliphatic heterocycles. The van der Waals surface area contributed by atoms with E-state index < -0.39 is 0 Å². The molecule has 7 rings (SSSR count). The van der Waals surface area contributed by atoms with Crippen molar-refractivity contribution < 1.29 is 0 Å². The van der Waals surface area contributed by atoms with E-state index in [1.165, 1.54) is 61.2 Å². The minimum atomic E-state index is -0.211. The van der Waals surface area contributed by atoms with E-state index in [0.717, 1.165) is 29.8 Å². The molecule has 0 aromatic heterocycles. The summed E-state index contributed by atoms with van der Waals surface area (Å²) in [7, 11) is 0. The molecular weight excluding hydrogens is 665 g/mol. The van der Waals surface area contributed by atoms with E-state index in [4.69, 9.17) is 4.99 Å². The Kier molecular flexibility index (Phi) is 11.8. The highest BCUT2D eigenvalue weighted by molar-refractivity contribution is 6.00. The Morgan fingerprint density at radius 2 is 1.15 bits per heavy atom. The average molecular weight is 715 g/mol. The van der Waals surface area contributed by atoms with Gasteiger partial charge in [-0.05, 0) is 124 Å².